The van der Waals surface area contributed by atoms with Crippen LogP contribution < -0.4 is 16.4 Å². The topological polar surface area (TPSA) is 9.72 Å². The van der Waals surface area contributed by atoms with E-state index in [0.717, 1.165) is 0 Å². The first-order valence-electron chi connectivity index (χ1n) is 12.0. The fourth-order valence-corrected chi connectivity index (χ4v) is 6.19. The van der Waals surface area contributed by atoms with E-state index in [4.69, 9.17) is 0 Å². The molecule has 1 fully saturated rings. The number of aryl methyl sites for hydroxylation is 6. The Balaban J connectivity index is 1.99. The first kappa shape index (κ1) is 23.9. The van der Waals surface area contributed by atoms with Crippen molar-refractivity contribution in [2.45, 2.75) is 41.5 Å². The standard InChI is InChI=1S/C27H36B3N3/c1-19-13-10-14-20(2)25(19)28-31(7)29(26-21(3)15-11-16-22(26)4)33(9)30(32(28)8)27-23(5)17-12-18-24(27)6/h10-18H,1-9H3. The fraction of sp³-hybridized carbons (Fsp3) is 0.333. The van der Waals surface area contributed by atoms with Gasteiger partial charge >= 0.3 is 20.9 Å². The van der Waals surface area contributed by atoms with Gasteiger partial charge in [-0.2, -0.15) is 0 Å². The summed E-state index contributed by atoms with van der Waals surface area (Å²) in [5.41, 5.74) is 12.4. The molecular formula is C27H36B3N3. The molecule has 3 aromatic rings. The van der Waals surface area contributed by atoms with Gasteiger partial charge in [0.25, 0.3) is 0 Å². The van der Waals surface area contributed by atoms with Crippen LogP contribution in [-0.4, -0.2) is 56.3 Å². The zero-order valence-electron chi connectivity index (χ0n) is 21.8. The van der Waals surface area contributed by atoms with Crippen molar-refractivity contribution in [2.24, 2.45) is 0 Å². The third kappa shape index (κ3) is 3.99. The Kier molecular flexibility index (Phi) is 6.64. The van der Waals surface area contributed by atoms with Crippen molar-refractivity contribution in [3.8, 4) is 0 Å². The van der Waals surface area contributed by atoms with Crippen LogP contribution >= 0.6 is 0 Å². The van der Waals surface area contributed by atoms with Crippen LogP contribution in [0.4, 0.5) is 0 Å². The molecule has 0 aromatic heterocycles. The summed E-state index contributed by atoms with van der Waals surface area (Å²) in [4.78, 5) is 0. The van der Waals surface area contributed by atoms with Crippen LogP contribution in [0.3, 0.4) is 0 Å². The molecular weight excluding hydrogens is 399 g/mol. The van der Waals surface area contributed by atoms with E-state index in [0.29, 0.717) is 0 Å². The van der Waals surface area contributed by atoms with E-state index >= 15 is 0 Å². The number of nitrogens with zero attached hydrogens (tertiary/aromatic N) is 3. The molecule has 0 bridgehead atoms. The second-order valence-corrected chi connectivity index (χ2v) is 10.0. The Labute approximate surface area is 202 Å². The van der Waals surface area contributed by atoms with Crippen molar-refractivity contribution in [3.05, 3.63) is 88.0 Å². The van der Waals surface area contributed by atoms with Crippen molar-refractivity contribution in [3.63, 3.8) is 0 Å². The highest BCUT2D eigenvalue weighted by Gasteiger charge is 2.52. The van der Waals surface area contributed by atoms with Gasteiger partial charge in [0.1, 0.15) is 0 Å². The summed E-state index contributed by atoms with van der Waals surface area (Å²) in [6, 6.07) is 20.1. The Morgan fingerprint density at radius 1 is 0.394 bits per heavy atom. The molecule has 168 valence electrons. The number of hydrogen-bond donors (Lipinski definition) is 0. The Hall–Kier alpha value is -2.27. The summed E-state index contributed by atoms with van der Waals surface area (Å²) in [6.45, 7) is 14.0. The maximum absolute atomic E-state index is 2.56. The molecule has 0 N–H and O–H groups in total. The zero-order valence-corrected chi connectivity index (χ0v) is 21.8. The summed E-state index contributed by atoms with van der Waals surface area (Å²) in [5.74, 6) is 0. The summed E-state index contributed by atoms with van der Waals surface area (Å²) >= 11 is 0. The predicted octanol–water partition coefficient (Wildman–Crippen LogP) is 2.83. The lowest BCUT2D eigenvalue weighted by atomic mass is 9.37. The van der Waals surface area contributed by atoms with Crippen LogP contribution in [0.1, 0.15) is 33.4 Å². The number of rotatable bonds is 3. The summed E-state index contributed by atoms with van der Waals surface area (Å²) in [5, 5.41) is 0. The van der Waals surface area contributed by atoms with E-state index in [-0.39, 0.29) is 20.9 Å². The average Bonchev–Trinajstić information content (AvgIpc) is 2.74. The first-order chi connectivity index (χ1) is 15.6. The minimum Gasteiger partial charge on any atom is -0.351 e. The van der Waals surface area contributed by atoms with Crippen molar-refractivity contribution in [2.75, 3.05) is 21.1 Å². The second kappa shape index (κ2) is 9.17. The Morgan fingerprint density at radius 3 is 0.758 bits per heavy atom. The molecule has 4 rings (SSSR count). The van der Waals surface area contributed by atoms with Gasteiger partial charge in [0, 0.05) is 0 Å². The minimum absolute atomic E-state index is 0.162. The van der Waals surface area contributed by atoms with Gasteiger partial charge in [0.2, 0.25) is 0 Å². The molecule has 0 unspecified atom stereocenters. The lowest BCUT2D eigenvalue weighted by Crippen LogP contribution is -2.83. The Morgan fingerprint density at radius 2 is 0.576 bits per heavy atom. The third-order valence-corrected chi connectivity index (χ3v) is 7.72. The lowest BCUT2D eigenvalue weighted by Gasteiger charge is -2.52. The normalized spacial score (nSPS) is 16.1. The van der Waals surface area contributed by atoms with Crippen molar-refractivity contribution in [1.82, 2.24) is 14.2 Å². The van der Waals surface area contributed by atoms with E-state index in [1.807, 2.05) is 0 Å². The van der Waals surface area contributed by atoms with Crippen molar-refractivity contribution >= 4 is 37.3 Å². The highest BCUT2D eigenvalue weighted by atomic mass is 15.3. The molecule has 1 aliphatic rings. The molecule has 0 spiro atoms. The van der Waals surface area contributed by atoms with Crippen LogP contribution in [-0.2, 0) is 0 Å². The molecule has 1 heterocycles. The van der Waals surface area contributed by atoms with Gasteiger partial charge < -0.3 is 14.2 Å². The molecule has 1 aliphatic heterocycles. The van der Waals surface area contributed by atoms with Gasteiger partial charge in [-0.15, -0.1) is 0 Å². The van der Waals surface area contributed by atoms with Gasteiger partial charge in [-0.3, -0.25) is 0 Å². The predicted molar refractivity (Wildman–Crippen MR) is 147 cm³/mol. The molecule has 0 amide bonds. The third-order valence-electron chi connectivity index (χ3n) is 7.72. The average molecular weight is 435 g/mol. The van der Waals surface area contributed by atoms with Crippen LogP contribution in [0.5, 0.6) is 0 Å². The van der Waals surface area contributed by atoms with Crippen LogP contribution in [0.2, 0.25) is 0 Å². The number of benzene rings is 3. The van der Waals surface area contributed by atoms with E-state index in [1.54, 1.807) is 0 Å². The van der Waals surface area contributed by atoms with Crippen LogP contribution in [0.15, 0.2) is 54.6 Å². The quantitative estimate of drug-likeness (QED) is 0.587. The number of hydrogen-bond acceptors (Lipinski definition) is 3. The van der Waals surface area contributed by atoms with E-state index in [9.17, 15) is 0 Å². The zero-order chi connectivity index (χ0) is 24.0. The Bertz CT molecular complexity index is 960. The molecule has 0 radical (unpaired) electrons. The molecule has 0 atom stereocenters. The van der Waals surface area contributed by atoms with E-state index in [1.165, 1.54) is 49.8 Å². The molecule has 3 nitrogen and oxygen atoms in total. The van der Waals surface area contributed by atoms with Gasteiger partial charge in [0.05, 0.1) is 0 Å². The van der Waals surface area contributed by atoms with Gasteiger partial charge in [-0.1, -0.05) is 88.0 Å². The maximum atomic E-state index is 2.56. The molecule has 33 heavy (non-hydrogen) atoms. The summed E-state index contributed by atoms with van der Waals surface area (Å²) in [6.07, 6.45) is 0. The molecule has 0 saturated carbocycles. The van der Waals surface area contributed by atoms with E-state index < -0.39 is 0 Å². The first-order valence-corrected chi connectivity index (χ1v) is 12.0. The minimum atomic E-state index is 0.162. The smallest absolute Gasteiger partial charge is 0.326 e. The monoisotopic (exact) mass is 435 g/mol. The summed E-state index contributed by atoms with van der Waals surface area (Å²) < 4.78 is 7.69. The molecule has 3 aromatic carbocycles. The van der Waals surface area contributed by atoms with E-state index in [2.05, 4.69) is 131 Å². The molecule has 0 aliphatic carbocycles. The van der Waals surface area contributed by atoms with Crippen LogP contribution in [0, 0.1) is 41.5 Å². The fourth-order valence-electron chi connectivity index (χ4n) is 6.19. The SMILES string of the molecule is Cc1cccc(C)c1B1N(C)B(c2c(C)cccc2C)N(C)B(c2c(C)cccc2C)N1C. The highest BCUT2D eigenvalue weighted by Crippen LogP contribution is 2.21. The largest absolute Gasteiger partial charge is 0.351 e. The van der Waals surface area contributed by atoms with Gasteiger partial charge in [-0.05, 0) is 79.1 Å². The highest BCUT2D eigenvalue weighted by molar-refractivity contribution is 6.98. The van der Waals surface area contributed by atoms with Crippen LogP contribution in [0.25, 0.3) is 0 Å². The molecule has 6 heteroatoms. The van der Waals surface area contributed by atoms with Crippen molar-refractivity contribution < 1.29 is 0 Å². The van der Waals surface area contributed by atoms with Crippen molar-refractivity contribution in [1.29, 1.82) is 0 Å². The molecule has 1 saturated heterocycles. The summed E-state index contributed by atoms with van der Waals surface area (Å²) in [7, 11) is 6.88. The second-order valence-electron chi connectivity index (χ2n) is 10.0. The maximum Gasteiger partial charge on any atom is 0.326 e. The lowest BCUT2D eigenvalue weighted by molar-refractivity contribution is 0.559. The van der Waals surface area contributed by atoms with Gasteiger partial charge in [-0.25, -0.2) is 0 Å². The van der Waals surface area contributed by atoms with Gasteiger partial charge in [0.15, 0.2) is 0 Å².